The predicted molar refractivity (Wildman–Crippen MR) is 81.5 cm³/mol. The van der Waals surface area contributed by atoms with Gasteiger partial charge in [0.15, 0.2) is 5.16 Å². The van der Waals surface area contributed by atoms with Gasteiger partial charge in [0.05, 0.1) is 11.3 Å². The zero-order valence-corrected chi connectivity index (χ0v) is 12.7. The highest BCUT2D eigenvalue weighted by molar-refractivity contribution is 8.00. The molecule has 0 aliphatic rings. The van der Waals surface area contributed by atoms with Crippen molar-refractivity contribution in [3.05, 3.63) is 48.3 Å². The minimum Gasteiger partial charge on any atom is -0.349 e. The van der Waals surface area contributed by atoms with E-state index >= 15 is 0 Å². The van der Waals surface area contributed by atoms with Crippen molar-refractivity contribution < 1.29 is 4.79 Å². The second-order valence-electron chi connectivity index (χ2n) is 4.72. The fraction of sp³-hybridized carbons (Fsp3) is 0.333. The van der Waals surface area contributed by atoms with Gasteiger partial charge in [0, 0.05) is 19.4 Å². The first-order valence-corrected chi connectivity index (χ1v) is 7.45. The van der Waals surface area contributed by atoms with Crippen LogP contribution < -0.4 is 5.32 Å². The summed E-state index contributed by atoms with van der Waals surface area (Å²) in [5.74, 6) is 0.0225. The first-order chi connectivity index (χ1) is 9.58. The average Bonchev–Trinajstić information content (AvgIpc) is 2.85. The number of amides is 1. The average molecular weight is 289 g/mol. The van der Waals surface area contributed by atoms with Crippen LogP contribution in [0.5, 0.6) is 0 Å². The normalized spacial score (nSPS) is 13.8. The van der Waals surface area contributed by atoms with E-state index in [0.717, 1.165) is 10.7 Å². The van der Waals surface area contributed by atoms with E-state index in [1.54, 1.807) is 6.20 Å². The number of benzene rings is 1. The summed E-state index contributed by atoms with van der Waals surface area (Å²) in [5, 5.41) is 3.70. The molecule has 0 fully saturated rings. The summed E-state index contributed by atoms with van der Waals surface area (Å²) in [6.07, 6.45) is 3.61. The molecule has 0 aliphatic heterocycles. The standard InChI is InChI=1S/C15H19N3OS/c1-11(13-7-5-4-6-8-13)17-14(19)12(2)20-15-16-9-10-18(15)3/h4-12H,1-3H3,(H,17,19)/t11-,12+/m1/s1. The number of hydrogen-bond donors (Lipinski definition) is 1. The highest BCUT2D eigenvalue weighted by atomic mass is 32.2. The van der Waals surface area contributed by atoms with E-state index in [9.17, 15) is 4.79 Å². The SMILES string of the molecule is C[C@H](Sc1nccn1C)C(=O)N[C@H](C)c1ccccc1. The van der Waals surface area contributed by atoms with Gasteiger partial charge in [0.1, 0.15) is 0 Å². The minimum atomic E-state index is -0.178. The quantitative estimate of drug-likeness (QED) is 0.861. The summed E-state index contributed by atoms with van der Waals surface area (Å²) < 4.78 is 1.91. The summed E-state index contributed by atoms with van der Waals surface area (Å²) in [7, 11) is 1.92. The molecule has 4 nitrogen and oxygen atoms in total. The molecule has 0 saturated heterocycles. The van der Waals surface area contributed by atoms with Crippen LogP contribution in [0.25, 0.3) is 0 Å². The van der Waals surface area contributed by atoms with Gasteiger partial charge in [-0.05, 0) is 19.4 Å². The lowest BCUT2D eigenvalue weighted by Gasteiger charge is -2.17. The van der Waals surface area contributed by atoms with Crippen LogP contribution >= 0.6 is 11.8 Å². The lowest BCUT2D eigenvalue weighted by Crippen LogP contribution is -2.33. The fourth-order valence-corrected chi connectivity index (χ4v) is 2.67. The van der Waals surface area contributed by atoms with Gasteiger partial charge in [-0.1, -0.05) is 42.1 Å². The van der Waals surface area contributed by atoms with Crippen molar-refractivity contribution in [1.29, 1.82) is 0 Å². The molecular formula is C15H19N3OS. The number of hydrogen-bond acceptors (Lipinski definition) is 3. The number of carbonyl (C=O) groups is 1. The van der Waals surface area contributed by atoms with Crippen LogP contribution in [0.3, 0.4) is 0 Å². The van der Waals surface area contributed by atoms with E-state index in [1.807, 2.05) is 62.0 Å². The smallest absolute Gasteiger partial charge is 0.233 e. The Hall–Kier alpha value is -1.75. The molecule has 2 rings (SSSR count). The summed E-state index contributed by atoms with van der Waals surface area (Å²) >= 11 is 1.46. The molecule has 2 aromatic rings. The lowest BCUT2D eigenvalue weighted by molar-refractivity contribution is -0.120. The van der Waals surface area contributed by atoms with E-state index in [2.05, 4.69) is 10.3 Å². The van der Waals surface area contributed by atoms with Crippen LogP contribution in [0.1, 0.15) is 25.5 Å². The van der Waals surface area contributed by atoms with E-state index in [0.29, 0.717) is 0 Å². The molecule has 0 saturated carbocycles. The third kappa shape index (κ3) is 3.63. The Morgan fingerprint density at radius 1 is 1.30 bits per heavy atom. The van der Waals surface area contributed by atoms with Crippen LogP contribution in [0.15, 0.2) is 47.9 Å². The molecule has 0 unspecified atom stereocenters. The van der Waals surface area contributed by atoms with Crippen molar-refractivity contribution in [2.24, 2.45) is 7.05 Å². The van der Waals surface area contributed by atoms with Crippen molar-refractivity contribution in [3.63, 3.8) is 0 Å². The van der Waals surface area contributed by atoms with Gasteiger partial charge in [-0.3, -0.25) is 4.79 Å². The third-order valence-corrected chi connectivity index (χ3v) is 4.26. The zero-order chi connectivity index (χ0) is 14.5. The zero-order valence-electron chi connectivity index (χ0n) is 11.9. The third-order valence-electron chi connectivity index (χ3n) is 3.09. The maximum Gasteiger partial charge on any atom is 0.233 e. The summed E-state index contributed by atoms with van der Waals surface area (Å²) in [5.41, 5.74) is 1.11. The number of imidazole rings is 1. The van der Waals surface area contributed by atoms with E-state index in [-0.39, 0.29) is 17.2 Å². The lowest BCUT2D eigenvalue weighted by atomic mass is 10.1. The van der Waals surface area contributed by atoms with Crippen LogP contribution in [0, 0.1) is 0 Å². The number of aromatic nitrogens is 2. The second-order valence-corrected chi connectivity index (χ2v) is 6.03. The number of rotatable bonds is 5. The van der Waals surface area contributed by atoms with Crippen LogP contribution in [-0.4, -0.2) is 20.7 Å². The fourth-order valence-electron chi connectivity index (χ4n) is 1.83. The van der Waals surface area contributed by atoms with Crippen LogP contribution in [0.2, 0.25) is 0 Å². The van der Waals surface area contributed by atoms with E-state index in [4.69, 9.17) is 0 Å². The largest absolute Gasteiger partial charge is 0.349 e. The first-order valence-electron chi connectivity index (χ1n) is 6.57. The molecular weight excluding hydrogens is 270 g/mol. The molecule has 1 N–H and O–H groups in total. The number of thioether (sulfide) groups is 1. The number of aryl methyl sites for hydroxylation is 1. The van der Waals surface area contributed by atoms with Gasteiger partial charge in [0.2, 0.25) is 5.91 Å². The van der Waals surface area contributed by atoms with Crippen LogP contribution in [0.4, 0.5) is 0 Å². The Labute approximate surface area is 123 Å². The predicted octanol–water partition coefficient (Wildman–Crippen LogP) is 2.78. The summed E-state index contributed by atoms with van der Waals surface area (Å²) in [4.78, 5) is 16.4. The molecule has 0 bridgehead atoms. The molecule has 20 heavy (non-hydrogen) atoms. The van der Waals surface area contributed by atoms with Crippen molar-refractivity contribution in [2.45, 2.75) is 30.3 Å². The molecule has 0 aliphatic carbocycles. The van der Waals surface area contributed by atoms with E-state index in [1.165, 1.54) is 11.8 Å². The van der Waals surface area contributed by atoms with Gasteiger partial charge < -0.3 is 9.88 Å². The van der Waals surface area contributed by atoms with Crippen LogP contribution in [-0.2, 0) is 11.8 Å². The molecule has 2 atom stereocenters. The highest BCUT2D eigenvalue weighted by Crippen LogP contribution is 2.21. The second kappa shape index (κ2) is 6.61. The molecule has 1 amide bonds. The molecule has 0 spiro atoms. The van der Waals surface area contributed by atoms with Crippen molar-refractivity contribution in [2.75, 3.05) is 0 Å². The van der Waals surface area contributed by atoms with Gasteiger partial charge in [0.25, 0.3) is 0 Å². The van der Waals surface area contributed by atoms with Gasteiger partial charge in [-0.15, -0.1) is 0 Å². The monoisotopic (exact) mass is 289 g/mol. The first kappa shape index (κ1) is 14.7. The van der Waals surface area contributed by atoms with Crippen molar-refractivity contribution >= 4 is 17.7 Å². The summed E-state index contributed by atoms with van der Waals surface area (Å²) in [6, 6.07) is 9.96. The summed E-state index contributed by atoms with van der Waals surface area (Å²) in [6.45, 7) is 3.89. The number of carbonyl (C=O) groups excluding carboxylic acids is 1. The Balaban J connectivity index is 1.93. The Morgan fingerprint density at radius 3 is 2.60 bits per heavy atom. The molecule has 106 valence electrons. The van der Waals surface area contributed by atoms with Gasteiger partial charge in [-0.2, -0.15) is 0 Å². The Kier molecular flexibility index (Phi) is 4.84. The Morgan fingerprint density at radius 2 is 2.00 bits per heavy atom. The van der Waals surface area contributed by atoms with Gasteiger partial charge >= 0.3 is 0 Å². The minimum absolute atomic E-state index is 0.00752. The van der Waals surface area contributed by atoms with E-state index < -0.39 is 0 Å². The maximum atomic E-state index is 12.2. The Bertz CT molecular complexity index is 568. The molecule has 5 heteroatoms. The number of nitrogens with zero attached hydrogens (tertiary/aromatic N) is 2. The molecule has 1 aromatic carbocycles. The maximum absolute atomic E-state index is 12.2. The molecule has 0 radical (unpaired) electrons. The topological polar surface area (TPSA) is 46.9 Å². The van der Waals surface area contributed by atoms with Crippen molar-refractivity contribution in [1.82, 2.24) is 14.9 Å². The highest BCUT2D eigenvalue weighted by Gasteiger charge is 2.18. The van der Waals surface area contributed by atoms with Gasteiger partial charge in [-0.25, -0.2) is 4.98 Å². The molecule has 1 aromatic heterocycles. The number of nitrogens with one attached hydrogen (secondary N) is 1. The molecule has 1 heterocycles. The van der Waals surface area contributed by atoms with Crippen molar-refractivity contribution in [3.8, 4) is 0 Å².